The van der Waals surface area contributed by atoms with Crippen LogP contribution in [0.4, 0.5) is 0 Å². The second-order valence-corrected chi connectivity index (χ2v) is 5.30. The monoisotopic (exact) mass is 318 g/mol. The summed E-state index contributed by atoms with van der Waals surface area (Å²) in [6.07, 6.45) is 0. The van der Waals surface area contributed by atoms with Crippen LogP contribution in [-0.4, -0.2) is 26.6 Å². The summed E-state index contributed by atoms with van der Waals surface area (Å²) in [6.45, 7) is 1.35. The summed E-state index contributed by atoms with van der Waals surface area (Å²) < 4.78 is 6.33. The SMILES string of the molecule is Cc1cc(C(=O)c2cc3cc(Cl)ccc3n2CC(=O)O)no1. The lowest BCUT2D eigenvalue weighted by molar-refractivity contribution is -0.137. The number of aryl methyl sites for hydroxylation is 1. The molecule has 112 valence electrons. The summed E-state index contributed by atoms with van der Waals surface area (Å²) in [6, 6.07) is 8.14. The molecule has 0 saturated heterocycles. The Kier molecular flexibility index (Phi) is 3.46. The van der Waals surface area contributed by atoms with Crippen molar-refractivity contribution in [2.45, 2.75) is 13.5 Å². The Bertz CT molecular complexity index is 894. The van der Waals surface area contributed by atoms with E-state index in [0.29, 0.717) is 21.7 Å². The zero-order valence-electron chi connectivity index (χ0n) is 11.5. The van der Waals surface area contributed by atoms with Crippen molar-refractivity contribution in [1.82, 2.24) is 9.72 Å². The van der Waals surface area contributed by atoms with E-state index in [9.17, 15) is 9.59 Å². The first-order valence-corrected chi connectivity index (χ1v) is 6.82. The normalized spacial score (nSPS) is 11.0. The Balaban J connectivity index is 2.18. The number of hydrogen-bond acceptors (Lipinski definition) is 4. The summed E-state index contributed by atoms with van der Waals surface area (Å²) >= 11 is 5.95. The van der Waals surface area contributed by atoms with E-state index >= 15 is 0 Å². The summed E-state index contributed by atoms with van der Waals surface area (Å²) in [7, 11) is 0. The fourth-order valence-electron chi connectivity index (χ4n) is 2.34. The maximum absolute atomic E-state index is 12.5. The number of carbonyl (C=O) groups is 2. The molecule has 0 amide bonds. The zero-order chi connectivity index (χ0) is 15.9. The predicted octanol–water partition coefficient (Wildman–Crippen LogP) is 2.91. The fraction of sp³-hybridized carbons (Fsp3) is 0.133. The summed E-state index contributed by atoms with van der Waals surface area (Å²) in [5.41, 5.74) is 0.987. The first-order valence-electron chi connectivity index (χ1n) is 6.44. The van der Waals surface area contributed by atoms with Gasteiger partial charge in [0.1, 0.15) is 12.3 Å². The molecule has 0 aliphatic carbocycles. The molecule has 22 heavy (non-hydrogen) atoms. The second kappa shape index (κ2) is 5.31. The molecule has 7 heteroatoms. The molecule has 3 rings (SSSR count). The van der Waals surface area contributed by atoms with Gasteiger partial charge in [-0.1, -0.05) is 16.8 Å². The van der Waals surface area contributed by atoms with Crippen LogP contribution in [0.2, 0.25) is 5.02 Å². The van der Waals surface area contributed by atoms with Crippen LogP contribution in [-0.2, 0) is 11.3 Å². The molecule has 2 heterocycles. The van der Waals surface area contributed by atoms with Crippen LogP contribution in [0.5, 0.6) is 0 Å². The minimum atomic E-state index is -1.04. The van der Waals surface area contributed by atoms with Crippen molar-refractivity contribution in [3.8, 4) is 0 Å². The largest absolute Gasteiger partial charge is 0.480 e. The van der Waals surface area contributed by atoms with Crippen LogP contribution in [0, 0.1) is 6.92 Å². The van der Waals surface area contributed by atoms with E-state index in [1.54, 1.807) is 31.2 Å². The third kappa shape index (κ3) is 2.48. The van der Waals surface area contributed by atoms with Gasteiger partial charge in [0.15, 0.2) is 5.69 Å². The molecule has 0 fully saturated rings. The molecule has 0 bridgehead atoms. The number of carboxylic acid groups (broad SMARTS) is 1. The number of nitrogens with zero attached hydrogens (tertiary/aromatic N) is 2. The average Bonchev–Trinajstić information content (AvgIpc) is 3.02. The molecule has 0 saturated carbocycles. The van der Waals surface area contributed by atoms with Gasteiger partial charge < -0.3 is 14.2 Å². The van der Waals surface area contributed by atoms with E-state index < -0.39 is 11.8 Å². The van der Waals surface area contributed by atoms with Gasteiger partial charge in [-0.15, -0.1) is 0 Å². The predicted molar refractivity (Wildman–Crippen MR) is 79.3 cm³/mol. The number of hydrogen-bond donors (Lipinski definition) is 1. The lowest BCUT2D eigenvalue weighted by atomic mass is 10.2. The minimum absolute atomic E-state index is 0.137. The van der Waals surface area contributed by atoms with E-state index in [0.717, 1.165) is 0 Å². The number of aliphatic carboxylic acids is 1. The molecule has 3 aromatic rings. The van der Waals surface area contributed by atoms with Gasteiger partial charge in [0.05, 0.1) is 5.69 Å². The van der Waals surface area contributed by atoms with Gasteiger partial charge in [-0.2, -0.15) is 0 Å². The third-order valence-corrected chi connectivity index (χ3v) is 3.49. The molecule has 6 nitrogen and oxygen atoms in total. The molecule has 0 aliphatic rings. The molecule has 0 atom stereocenters. The molecule has 0 radical (unpaired) electrons. The second-order valence-electron chi connectivity index (χ2n) is 4.86. The highest BCUT2D eigenvalue weighted by atomic mass is 35.5. The number of fused-ring (bicyclic) bond motifs is 1. The molecule has 1 aromatic carbocycles. The van der Waals surface area contributed by atoms with Gasteiger partial charge in [-0.05, 0) is 31.2 Å². The highest BCUT2D eigenvalue weighted by Gasteiger charge is 2.21. The van der Waals surface area contributed by atoms with Gasteiger partial charge >= 0.3 is 5.97 Å². The summed E-state index contributed by atoms with van der Waals surface area (Å²) in [5, 5.41) is 14.0. The summed E-state index contributed by atoms with van der Waals surface area (Å²) in [4.78, 5) is 23.6. The van der Waals surface area contributed by atoms with Gasteiger partial charge in [0.25, 0.3) is 0 Å². The Hall–Kier alpha value is -2.60. The first kappa shape index (κ1) is 14.3. The average molecular weight is 319 g/mol. The highest BCUT2D eigenvalue weighted by molar-refractivity contribution is 6.31. The Morgan fingerprint density at radius 3 is 2.73 bits per heavy atom. The molecular formula is C15H11ClN2O4. The van der Waals surface area contributed by atoms with Crippen LogP contribution in [0.3, 0.4) is 0 Å². The van der Waals surface area contributed by atoms with Crippen LogP contribution in [0.15, 0.2) is 34.9 Å². The first-order chi connectivity index (χ1) is 10.5. The van der Waals surface area contributed by atoms with Crippen LogP contribution < -0.4 is 0 Å². The van der Waals surface area contributed by atoms with E-state index in [4.69, 9.17) is 21.2 Å². The van der Waals surface area contributed by atoms with Gasteiger partial charge in [0.2, 0.25) is 5.78 Å². The molecule has 2 aromatic heterocycles. The Morgan fingerprint density at radius 1 is 1.32 bits per heavy atom. The van der Waals surface area contributed by atoms with Crippen LogP contribution >= 0.6 is 11.6 Å². The van der Waals surface area contributed by atoms with Crippen molar-refractivity contribution in [2.75, 3.05) is 0 Å². The van der Waals surface area contributed by atoms with Crippen LogP contribution in [0.1, 0.15) is 21.9 Å². The van der Waals surface area contributed by atoms with E-state index in [1.165, 1.54) is 10.6 Å². The molecule has 0 unspecified atom stereocenters. The Morgan fingerprint density at radius 2 is 2.09 bits per heavy atom. The van der Waals surface area contributed by atoms with Crippen LogP contribution in [0.25, 0.3) is 10.9 Å². The van der Waals surface area contributed by atoms with E-state index in [2.05, 4.69) is 5.16 Å². The van der Waals surface area contributed by atoms with E-state index in [1.807, 2.05) is 0 Å². The van der Waals surface area contributed by atoms with Crippen molar-refractivity contribution in [3.05, 3.63) is 52.5 Å². The van der Waals surface area contributed by atoms with Gasteiger partial charge in [-0.25, -0.2) is 0 Å². The molecule has 0 spiro atoms. The number of rotatable bonds is 4. The summed E-state index contributed by atoms with van der Waals surface area (Å²) in [5.74, 6) is -0.935. The van der Waals surface area contributed by atoms with Crippen molar-refractivity contribution in [2.24, 2.45) is 0 Å². The zero-order valence-corrected chi connectivity index (χ0v) is 12.3. The maximum Gasteiger partial charge on any atom is 0.323 e. The lowest BCUT2D eigenvalue weighted by Crippen LogP contribution is -2.15. The maximum atomic E-state index is 12.5. The highest BCUT2D eigenvalue weighted by Crippen LogP contribution is 2.25. The third-order valence-electron chi connectivity index (χ3n) is 3.25. The van der Waals surface area contributed by atoms with Crippen molar-refractivity contribution in [1.29, 1.82) is 0 Å². The number of ketones is 1. The lowest BCUT2D eigenvalue weighted by Gasteiger charge is -2.06. The topological polar surface area (TPSA) is 85.3 Å². The van der Waals surface area contributed by atoms with Crippen molar-refractivity contribution >= 4 is 34.3 Å². The molecular weight excluding hydrogens is 308 g/mol. The number of aromatic nitrogens is 2. The molecule has 0 aliphatic heterocycles. The number of carboxylic acids is 1. The quantitative estimate of drug-likeness (QED) is 0.747. The van der Waals surface area contributed by atoms with Crippen molar-refractivity contribution < 1.29 is 19.2 Å². The minimum Gasteiger partial charge on any atom is -0.480 e. The van der Waals surface area contributed by atoms with Gasteiger partial charge in [-0.3, -0.25) is 9.59 Å². The fourth-order valence-corrected chi connectivity index (χ4v) is 2.52. The molecule has 1 N–H and O–H groups in total. The number of halogens is 1. The smallest absolute Gasteiger partial charge is 0.323 e. The Labute approximate surface area is 129 Å². The number of benzene rings is 1. The standard InChI is InChI=1S/C15H11ClN2O4/c1-8-4-11(17-22-8)15(21)13-6-9-5-10(16)2-3-12(9)18(13)7-14(19)20/h2-6H,7H2,1H3,(H,19,20). The number of carbonyl (C=O) groups excluding carboxylic acids is 1. The van der Waals surface area contributed by atoms with Gasteiger partial charge in [0, 0.05) is 22.0 Å². The van der Waals surface area contributed by atoms with E-state index in [-0.39, 0.29) is 17.9 Å². The van der Waals surface area contributed by atoms with Crippen molar-refractivity contribution in [3.63, 3.8) is 0 Å².